The van der Waals surface area contributed by atoms with Gasteiger partial charge in [-0.25, -0.2) is 9.97 Å². The molecule has 70 heavy (non-hydrogen) atoms. The number of nitrogens with one attached hydrogen (secondary N) is 4. The van der Waals surface area contributed by atoms with Crippen LogP contribution in [0.2, 0.25) is 0 Å². The predicted octanol–water partition coefficient (Wildman–Crippen LogP) is 8.96. The minimum atomic E-state index is -0.786. The van der Waals surface area contributed by atoms with Crippen LogP contribution in [0.3, 0.4) is 0 Å². The summed E-state index contributed by atoms with van der Waals surface area (Å²) in [6.07, 6.45) is 18.2. The van der Waals surface area contributed by atoms with E-state index in [1.54, 1.807) is 22.2 Å². The number of hydrogen-bond donors (Lipinski definition) is 4. The van der Waals surface area contributed by atoms with E-state index in [0.29, 0.717) is 62.6 Å². The van der Waals surface area contributed by atoms with Crippen LogP contribution in [0.5, 0.6) is 11.5 Å². The number of benzene rings is 4. The molecule has 4 N–H and O–H groups in total. The Hall–Kier alpha value is -7.66. The van der Waals surface area contributed by atoms with Gasteiger partial charge in [-0.1, -0.05) is 74.5 Å². The van der Waals surface area contributed by atoms with E-state index in [4.69, 9.17) is 19.4 Å². The van der Waals surface area contributed by atoms with Crippen molar-refractivity contribution in [2.24, 2.45) is 11.8 Å². The third-order valence-electron chi connectivity index (χ3n) is 13.3. The highest BCUT2D eigenvalue weighted by atomic mass is 16.5. The first-order valence-corrected chi connectivity index (χ1v) is 24.5. The first-order valence-electron chi connectivity index (χ1n) is 24.5. The lowest BCUT2D eigenvalue weighted by Gasteiger charge is -2.30. The predicted molar refractivity (Wildman–Crippen MR) is 266 cm³/mol. The van der Waals surface area contributed by atoms with E-state index in [2.05, 4.69) is 45.6 Å². The molecule has 0 saturated heterocycles. The minimum Gasteiger partial charge on any atom is -0.488 e. The average molecular weight is 941 g/mol. The number of imidazole rings is 2. The Bertz CT molecular complexity index is 2620. The highest BCUT2D eigenvalue weighted by Crippen LogP contribution is 2.51. The molecule has 10 rings (SSSR count). The number of terminal acetylenes is 1. The molecule has 360 valence electrons. The van der Waals surface area contributed by atoms with Crippen molar-refractivity contribution in [3.63, 3.8) is 0 Å². The van der Waals surface area contributed by atoms with Crippen molar-refractivity contribution in [1.29, 1.82) is 0 Å². The summed E-state index contributed by atoms with van der Waals surface area (Å²) in [4.78, 5) is 74.3. The summed E-state index contributed by atoms with van der Waals surface area (Å²) in [6, 6.07) is 25.6. The number of ether oxygens (including phenoxy) is 2. The number of H-pyrrole nitrogens is 2. The molecule has 0 spiro atoms. The molecule has 2 aliphatic carbocycles. The van der Waals surface area contributed by atoms with Crippen molar-refractivity contribution in [1.82, 2.24) is 40.4 Å². The van der Waals surface area contributed by atoms with Crippen LogP contribution < -0.4 is 20.1 Å². The first kappa shape index (κ1) is 47.4. The molecule has 0 unspecified atom stereocenters. The average Bonchev–Trinajstić information content (AvgIpc) is 4.29. The zero-order valence-electron chi connectivity index (χ0n) is 39.8. The maximum atomic E-state index is 14.2. The zero-order valence-corrected chi connectivity index (χ0v) is 39.8. The number of carbonyl (C=O) groups is 4. The van der Waals surface area contributed by atoms with Crippen molar-refractivity contribution in [2.45, 2.75) is 104 Å². The van der Waals surface area contributed by atoms with Gasteiger partial charge in [-0.15, -0.1) is 12.8 Å². The Kier molecular flexibility index (Phi) is 14.4. The van der Waals surface area contributed by atoms with Gasteiger partial charge in [-0.05, 0) is 85.8 Å². The lowest BCUT2D eigenvalue weighted by atomic mass is 9.87. The molecule has 4 amide bonds. The van der Waals surface area contributed by atoms with Crippen LogP contribution >= 0.6 is 0 Å². The lowest BCUT2D eigenvalue weighted by Crippen LogP contribution is -2.43. The minimum absolute atomic E-state index is 0.0995. The molecule has 2 fully saturated rings. The van der Waals surface area contributed by atoms with Gasteiger partial charge >= 0.3 is 0 Å². The van der Waals surface area contributed by atoms with E-state index in [1.807, 2.05) is 86.6 Å². The first-order chi connectivity index (χ1) is 34.2. The summed E-state index contributed by atoms with van der Waals surface area (Å²) >= 11 is 0. The second-order valence-electron chi connectivity index (χ2n) is 18.7. The van der Waals surface area contributed by atoms with Gasteiger partial charge in [0.2, 0.25) is 23.6 Å². The van der Waals surface area contributed by atoms with Gasteiger partial charge in [0.1, 0.15) is 48.4 Å². The van der Waals surface area contributed by atoms with Gasteiger partial charge in [0.05, 0.1) is 36.9 Å². The highest BCUT2D eigenvalue weighted by molar-refractivity contribution is 5.91. The molecule has 2 atom stereocenters. The third kappa shape index (κ3) is 10.8. The van der Waals surface area contributed by atoms with Crippen LogP contribution in [0, 0.1) is 24.7 Å². The van der Waals surface area contributed by atoms with Crippen LogP contribution in [0.25, 0.3) is 33.6 Å². The molecule has 4 heterocycles. The topological polar surface area (TPSA) is 175 Å². The van der Waals surface area contributed by atoms with Crippen LogP contribution in [-0.2, 0) is 45.5 Å². The molecular formula is C56H60N8O6. The molecule has 14 heteroatoms. The van der Waals surface area contributed by atoms with Crippen LogP contribution in [0.4, 0.5) is 0 Å². The number of rotatable bonds is 20. The molecule has 4 aliphatic rings. The lowest BCUT2D eigenvalue weighted by molar-refractivity contribution is -0.137. The second kappa shape index (κ2) is 21.3. The Morgan fingerprint density at radius 2 is 1.03 bits per heavy atom. The monoisotopic (exact) mass is 940 g/mol. The van der Waals surface area contributed by atoms with E-state index in [9.17, 15) is 19.2 Å². The molecule has 0 bridgehead atoms. The summed E-state index contributed by atoms with van der Waals surface area (Å²) in [7, 11) is 0. The Labute approximate surface area is 409 Å². The summed E-state index contributed by atoms with van der Waals surface area (Å²) in [5.41, 5.74) is 8.88. The number of aromatic nitrogens is 4. The summed E-state index contributed by atoms with van der Waals surface area (Å²) in [5, 5.41) is 6.09. The standard InChI is InChI=1S/C54H58N8O6.C2H2/c1-3-19-61(53(65)51(35-11-7-5-8-12-35)59-47(63)21-33-15-16-33)29-45-55-27-41(57-45)37-23-39-31-68-44-26-38(24-40-32-67-43(25-37)49(39)50(40)44)42-28-56-46(58-42)30-62(20-4-2)54(66)52(36-13-9-6-10-14-36)60-48(64)22-34-17-18-34;1-2/h5-14,23-28,33-34,51-52H,3-4,15-22,29-32H2,1-2H3,(H,55,57)(H,56,58)(H,59,63)(H,60,64);1-2H/t51-,52-;/m1./s1. The summed E-state index contributed by atoms with van der Waals surface area (Å²) in [6.45, 7) is 6.27. The Morgan fingerprint density at radius 3 is 1.40 bits per heavy atom. The number of nitrogens with zero attached hydrogens (tertiary/aromatic N) is 4. The van der Waals surface area contributed by atoms with E-state index < -0.39 is 12.1 Å². The largest absolute Gasteiger partial charge is 0.488 e. The van der Waals surface area contributed by atoms with Crippen molar-refractivity contribution >= 4 is 23.6 Å². The fourth-order valence-corrected chi connectivity index (χ4v) is 9.45. The zero-order chi connectivity index (χ0) is 48.7. The van der Waals surface area contributed by atoms with Gasteiger partial charge < -0.3 is 39.9 Å². The van der Waals surface area contributed by atoms with E-state index >= 15 is 0 Å². The smallest absolute Gasteiger partial charge is 0.250 e. The van der Waals surface area contributed by atoms with Crippen molar-refractivity contribution in [2.75, 3.05) is 13.1 Å². The molecule has 0 radical (unpaired) electrons. The molecule has 2 aromatic heterocycles. The van der Waals surface area contributed by atoms with Gasteiger partial charge in [0, 0.05) is 59.3 Å². The summed E-state index contributed by atoms with van der Waals surface area (Å²) < 4.78 is 13.0. The maximum absolute atomic E-state index is 14.2. The quantitative estimate of drug-likeness (QED) is 0.0549. The number of hydrogen-bond acceptors (Lipinski definition) is 8. The molecule has 4 aromatic carbocycles. The van der Waals surface area contributed by atoms with E-state index in [0.717, 1.165) is 106 Å². The Morgan fingerprint density at radius 1 is 0.629 bits per heavy atom. The van der Waals surface area contributed by atoms with Gasteiger partial charge in [0.15, 0.2) is 0 Å². The van der Waals surface area contributed by atoms with Crippen LogP contribution in [0.1, 0.15) is 111 Å². The molecule has 2 aliphatic heterocycles. The normalized spacial score (nSPS) is 14.9. The number of aromatic amines is 2. The fourth-order valence-electron chi connectivity index (χ4n) is 9.45. The van der Waals surface area contributed by atoms with E-state index in [1.165, 1.54) is 0 Å². The SMILES string of the molecule is C#C.CCCN(Cc1ncc(-c2cc3c4c(c2)OCc2cc(-c5cnc(CN(CCC)C(=O)[C@H](NC(=O)CC6CC6)c6ccccc6)[nH]5)cc(c2-4)OC3)[nH]1)C(=O)[C@H](NC(=O)CC1CC1)c1ccccc1. The van der Waals surface area contributed by atoms with Gasteiger partial charge in [-0.3, -0.25) is 19.2 Å². The second-order valence-corrected chi connectivity index (χ2v) is 18.7. The van der Waals surface area contributed by atoms with Crippen molar-refractivity contribution in [3.8, 4) is 58.0 Å². The van der Waals surface area contributed by atoms with Crippen molar-refractivity contribution in [3.05, 3.63) is 131 Å². The molecule has 2 saturated carbocycles. The fraction of sp³-hybridized carbons (Fsp3) is 0.357. The van der Waals surface area contributed by atoms with Gasteiger partial charge in [0.25, 0.3) is 0 Å². The third-order valence-corrected chi connectivity index (χ3v) is 13.3. The van der Waals surface area contributed by atoms with Crippen LogP contribution in [0.15, 0.2) is 97.3 Å². The maximum Gasteiger partial charge on any atom is 0.250 e. The highest BCUT2D eigenvalue weighted by Gasteiger charge is 2.34. The van der Waals surface area contributed by atoms with Crippen LogP contribution in [-0.4, -0.2) is 66.5 Å². The van der Waals surface area contributed by atoms with Gasteiger partial charge in [-0.2, -0.15) is 0 Å². The number of amides is 4. The Balaban J connectivity index is 0.00000300. The molecule has 6 aromatic rings. The van der Waals surface area contributed by atoms with Crippen molar-refractivity contribution < 1.29 is 28.7 Å². The van der Waals surface area contributed by atoms with E-state index in [-0.39, 0.29) is 36.7 Å². The molecule has 14 nitrogen and oxygen atoms in total. The molecular weight excluding hydrogens is 881 g/mol. The summed E-state index contributed by atoms with van der Waals surface area (Å²) in [5.74, 6) is 3.07. The number of carbonyl (C=O) groups excluding carboxylic acids is 4.